The van der Waals surface area contributed by atoms with Crippen LogP contribution in [0.4, 0.5) is 5.69 Å². The van der Waals surface area contributed by atoms with Gasteiger partial charge in [0.25, 0.3) is 0 Å². The number of benzene rings is 1. The van der Waals surface area contributed by atoms with Crippen LogP contribution in [0.15, 0.2) is 17.1 Å². The summed E-state index contributed by atoms with van der Waals surface area (Å²) in [5.41, 5.74) is -0.419. The molecule has 1 aromatic carbocycles. The Hall–Kier alpha value is -1.64. The maximum atomic E-state index is 11.9. The van der Waals surface area contributed by atoms with E-state index in [2.05, 4.69) is 4.99 Å². The summed E-state index contributed by atoms with van der Waals surface area (Å²) in [5, 5.41) is 0.301. The molecule has 1 aliphatic heterocycles. The molecule has 0 atom stereocenters. The third kappa shape index (κ3) is 1.43. The van der Waals surface area contributed by atoms with E-state index in [1.165, 1.54) is 18.2 Å². The van der Waals surface area contributed by atoms with Crippen LogP contribution in [0.3, 0.4) is 0 Å². The van der Waals surface area contributed by atoms with E-state index in [0.29, 0.717) is 5.02 Å². The monoisotopic (exact) mass is 237 g/mol. The van der Waals surface area contributed by atoms with E-state index in [1.807, 2.05) is 0 Å². The second kappa shape index (κ2) is 3.44. The lowest BCUT2D eigenvalue weighted by molar-refractivity contribution is 0.0685. The highest BCUT2D eigenvalue weighted by atomic mass is 35.5. The van der Waals surface area contributed by atoms with Gasteiger partial charge in [0, 0.05) is 0 Å². The average molecular weight is 238 g/mol. The van der Waals surface area contributed by atoms with Gasteiger partial charge in [-0.3, -0.25) is 4.79 Å². The van der Waals surface area contributed by atoms with Gasteiger partial charge in [0.05, 0.1) is 10.6 Å². The predicted molar refractivity (Wildman–Crippen MR) is 58.3 cm³/mol. The summed E-state index contributed by atoms with van der Waals surface area (Å²) in [6.07, 6.45) is 1.42. The number of hydrogen-bond donors (Lipinski definition) is 0. The van der Waals surface area contributed by atoms with Gasteiger partial charge in [-0.25, -0.2) is 4.79 Å². The number of Topliss-reactive ketones (excluding diaryl/α,β-unsaturated/α-hetero) is 1. The van der Waals surface area contributed by atoms with Gasteiger partial charge in [-0.1, -0.05) is 11.6 Å². The summed E-state index contributed by atoms with van der Waals surface area (Å²) in [4.78, 5) is 25.7. The topological polar surface area (TPSA) is 55.7 Å². The van der Waals surface area contributed by atoms with E-state index >= 15 is 0 Å². The maximum Gasteiger partial charge on any atom is 0.240 e. The highest BCUT2D eigenvalue weighted by Gasteiger charge is 2.42. The standard InChI is InChI=1S/C11H8ClNO3/c1-11(2)10(15)8-6(12)3-4-7(13-5-14)9(8)16-11/h3-4H,1-2H3. The molecule has 1 aliphatic rings. The fraction of sp³-hybridized carbons (Fsp3) is 0.273. The first kappa shape index (κ1) is 10.9. The number of isocyanates is 1. The molecular weight excluding hydrogens is 230 g/mol. The smallest absolute Gasteiger partial charge is 0.240 e. The molecule has 0 unspecified atom stereocenters. The predicted octanol–water partition coefficient (Wildman–Crippen LogP) is 2.66. The van der Waals surface area contributed by atoms with Crippen molar-refractivity contribution >= 4 is 29.2 Å². The van der Waals surface area contributed by atoms with Crippen molar-refractivity contribution in [3.8, 4) is 5.75 Å². The molecule has 82 valence electrons. The molecule has 0 spiro atoms. The van der Waals surface area contributed by atoms with E-state index in [-0.39, 0.29) is 22.8 Å². The highest BCUT2D eigenvalue weighted by molar-refractivity contribution is 6.35. The minimum Gasteiger partial charge on any atom is -0.477 e. The third-order valence-electron chi connectivity index (χ3n) is 2.38. The second-order valence-electron chi connectivity index (χ2n) is 3.92. The number of fused-ring (bicyclic) bond motifs is 1. The van der Waals surface area contributed by atoms with Crippen LogP contribution in [0.5, 0.6) is 5.75 Å². The number of ether oxygens (including phenoxy) is 1. The number of halogens is 1. The third-order valence-corrected chi connectivity index (χ3v) is 2.70. The first-order chi connectivity index (χ1) is 7.47. The fourth-order valence-corrected chi connectivity index (χ4v) is 1.84. The molecule has 0 aromatic heterocycles. The normalized spacial score (nSPS) is 16.3. The van der Waals surface area contributed by atoms with Gasteiger partial charge in [0.2, 0.25) is 11.9 Å². The molecule has 0 amide bonds. The Morgan fingerprint density at radius 1 is 1.44 bits per heavy atom. The van der Waals surface area contributed by atoms with Crippen molar-refractivity contribution in [3.05, 3.63) is 22.7 Å². The van der Waals surface area contributed by atoms with Crippen LogP contribution >= 0.6 is 11.6 Å². The molecule has 5 heteroatoms. The van der Waals surface area contributed by atoms with Gasteiger partial charge in [-0.15, -0.1) is 0 Å². The molecule has 0 saturated heterocycles. The largest absolute Gasteiger partial charge is 0.477 e. The number of carbonyl (C=O) groups is 1. The van der Waals surface area contributed by atoms with E-state index < -0.39 is 5.60 Å². The van der Waals surface area contributed by atoms with Crippen LogP contribution in [0, 0.1) is 0 Å². The summed E-state index contributed by atoms with van der Waals surface area (Å²) in [5.74, 6) is 0.0429. The number of carbonyl (C=O) groups excluding carboxylic acids is 2. The Kier molecular flexibility index (Phi) is 2.34. The Balaban J connectivity index is 2.72. The zero-order chi connectivity index (χ0) is 11.9. The van der Waals surface area contributed by atoms with Crippen molar-refractivity contribution in [1.29, 1.82) is 0 Å². The van der Waals surface area contributed by atoms with Gasteiger partial charge in [0.15, 0.2) is 11.4 Å². The van der Waals surface area contributed by atoms with Gasteiger partial charge in [0.1, 0.15) is 5.69 Å². The Labute approximate surface area is 96.9 Å². The first-order valence-electron chi connectivity index (χ1n) is 4.61. The van der Waals surface area contributed by atoms with Crippen LogP contribution in [-0.2, 0) is 4.79 Å². The lowest BCUT2D eigenvalue weighted by Crippen LogP contribution is -2.32. The number of aliphatic imine (C=N–C) groups is 1. The lowest BCUT2D eigenvalue weighted by Gasteiger charge is -2.15. The van der Waals surface area contributed by atoms with E-state index in [9.17, 15) is 9.59 Å². The Bertz CT molecular complexity index is 530. The van der Waals surface area contributed by atoms with E-state index in [4.69, 9.17) is 16.3 Å². The molecule has 0 radical (unpaired) electrons. The molecule has 1 aromatic rings. The van der Waals surface area contributed by atoms with E-state index in [1.54, 1.807) is 13.8 Å². The molecule has 0 saturated carbocycles. The minimum absolute atomic E-state index is 0.213. The summed E-state index contributed by atoms with van der Waals surface area (Å²) < 4.78 is 5.46. The fourth-order valence-electron chi connectivity index (χ4n) is 1.60. The van der Waals surface area contributed by atoms with Crippen molar-refractivity contribution in [2.75, 3.05) is 0 Å². The van der Waals surface area contributed by atoms with E-state index in [0.717, 1.165) is 0 Å². The van der Waals surface area contributed by atoms with Crippen LogP contribution in [-0.4, -0.2) is 17.5 Å². The van der Waals surface area contributed by atoms with Crippen molar-refractivity contribution in [3.63, 3.8) is 0 Å². The number of rotatable bonds is 1. The highest BCUT2D eigenvalue weighted by Crippen LogP contribution is 2.44. The SMILES string of the molecule is CC1(C)Oc2c(N=C=O)ccc(Cl)c2C1=O. The zero-order valence-electron chi connectivity index (χ0n) is 8.70. The van der Waals surface area contributed by atoms with Crippen LogP contribution < -0.4 is 4.74 Å². The zero-order valence-corrected chi connectivity index (χ0v) is 9.46. The van der Waals surface area contributed by atoms with Crippen LogP contribution in [0.1, 0.15) is 24.2 Å². The molecule has 0 N–H and O–H groups in total. The molecule has 2 rings (SSSR count). The summed E-state index contributed by atoms with van der Waals surface area (Å²) in [7, 11) is 0. The first-order valence-corrected chi connectivity index (χ1v) is 4.99. The Morgan fingerprint density at radius 2 is 2.12 bits per heavy atom. The summed E-state index contributed by atoms with van der Waals surface area (Å²) in [6, 6.07) is 3.03. The lowest BCUT2D eigenvalue weighted by atomic mass is 9.99. The number of nitrogens with zero attached hydrogens (tertiary/aromatic N) is 1. The number of hydrogen-bond acceptors (Lipinski definition) is 4. The molecule has 1 heterocycles. The molecule has 0 aliphatic carbocycles. The molecule has 16 heavy (non-hydrogen) atoms. The number of ketones is 1. The second-order valence-corrected chi connectivity index (χ2v) is 4.32. The van der Waals surface area contributed by atoms with Crippen LogP contribution in [0.25, 0.3) is 0 Å². The van der Waals surface area contributed by atoms with Gasteiger partial charge < -0.3 is 4.74 Å². The average Bonchev–Trinajstić information content (AvgIpc) is 2.44. The van der Waals surface area contributed by atoms with Gasteiger partial charge in [-0.05, 0) is 26.0 Å². The summed E-state index contributed by atoms with van der Waals surface area (Å²) in [6.45, 7) is 3.28. The van der Waals surface area contributed by atoms with Crippen LogP contribution in [0.2, 0.25) is 5.02 Å². The molecule has 4 nitrogen and oxygen atoms in total. The van der Waals surface area contributed by atoms with Gasteiger partial charge >= 0.3 is 0 Å². The maximum absolute atomic E-state index is 11.9. The Morgan fingerprint density at radius 3 is 2.75 bits per heavy atom. The minimum atomic E-state index is -0.972. The van der Waals surface area contributed by atoms with Crippen molar-refractivity contribution in [2.24, 2.45) is 4.99 Å². The van der Waals surface area contributed by atoms with Crippen molar-refractivity contribution < 1.29 is 14.3 Å². The quantitative estimate of drug-likeness (QED) is 0.557. The molecule has 0 bridgehead atoms. The van der Waals surface area contributed by atoms with Crippen molar-refractivity contribution in [1.82, 2.24) is 0 Å². The molecule has 0 fully saturated rings. The molecular formula is C11H8ClNO3. The van der Waals surface area contributed by atoms with Crippen molar-refractivity contribution in [2.45, 2.75) is 19.4 Å². The van der Waals surface area contributed by atoms with Gasteiger partial charge in [-0.2, -0.15) is 4.99 Å². The summed E-state index contributed by atoms with van der Waals surface area (Å²) >= 11 is 5.92.